The molecule has 0 aliphatic rings. The lowest BCUT2D eigenvalue weighted by Gasteiger charge is -2.18. The van der Waals surface area contributed by atoms with Crippen LogP contribution in [0.2, 0.25) is 0 Å². The number of pyridine rings is 1. The van der Waals surface area contributed by atoms with E-state index >= 15 is 0 Å². The van der Waals surface area contributed by atoms with Gasteiger partial charge < -0.3 is 5.32 Å². The third-order valence-electron chi connectivity index (χ3n) is 3.37. The van der Waals surface area contributed by atoms with Gasteiger partial charge in [-0.2, -0.15) is 5.10 Å². The SMILES string of the molecule is CCn1nc(C)c(Br)c1CC(NC)c1ncc(Br)cc1Br. The van der Waals surface area contributed by atoms with Crippen molar-refractivity contribution >= 4 is 47.8 Å². The Bertz CT molecular complexity index is 639. The Kier molecular flexibility index (Phi) is 5.99. The first kappa shape index (κ1) is 17.1. The zero-order valence-electron chi connectivity index (χ0n) is 12.1. The van der Waals surface area contributed by atoms with E-state index in [4.69, 9.17) is 0 Å². The summed E-state index contributed by atoms with van der Waals surface area (Å²) in [7, 11) is 1.95. The number of likely N-dealkylation sites (N-methyl/N-ethyl adjacent to an activating group) is 1. The van der Waals surface area contributed by atoms with Gasteiger partial charge in [0.05, 0.1) is 27.6 Å². The number of aryl methyl sites for hydroxylation is 2. The summed E-state index contributed by atoms with van der Waals surface area (Å²) in [5.74, 6) is 0. The Balaban J connectivity index is 2.35. The van der Waals surface area contributed by atoms with E-state index in [1.807, 2.05) is 30.9 Å². The van der Waals surface area contributed by atoms with Crippen LogP contribution in [0.1, 0.15) is 30.0 Å². The third kappa shape index (κ3) is 3.75. The molecule has 21 heavy (non-hydrogen) atoms. The van der Waals surface area contributed by atoms with Crippen molar-refractivity contribution < 1.29 is 0 Å². The molecule has 7 heteroatoms. The van der Waals surface area contributed by atoms with Crippen LogP contribution in [0, 0.1) is 6.92 Å². The minimum atomic E-state index is 0.116. The van der Waals surface area contributed by atoms with Crippen LogP contribution in [0.25, 0.3) is 0 Å². The molecule has 1 N–H and O–H groups in total. The lowest BCUT2D eigenvalue weighted by Crippen LogP contribution is -2.22. The molecule has 0 amide bonds. The van der Waals surface area contributed by atoms with Crippen LogP contribution in [-0.4, -0.2) is 21.8 Å². The van der Waals surface area contributed by atoms with Gasteiger partial charge in [-0.3, -0.25) is 9.67 Å². The van der Waals surface area contributed by atoms with Crippen molar-refractivity contribution in [1.82, 2.24) is 20.1 Å². The van der Waals surface area contributed by atoms with Crippen molar-refractivity contribution in [1.29, 1.82) is 0 Å². The van der Waals surface area contributed by atoms with Gasteiger partial charge in [-0.15, -0.1) is 0 Å². The molecular weight excluding hydrogens is 464 g/mol. The molecule has 0 aliphatic carbocycles. The lowest BCUT2D eigenvalue weighted by molar-refractivity contribution is 0.529. The first-order valence-electron chi connectivity index (χ1n) is 6.67. The molecule has 0 saturated carbocycles. The molecule has 0 spiro atoms. The second-order valence-electron chi connectivity index (χ2n) is 4.73. The third-order valence-corrected chi connectivity index (χ3v) is 5.47. The van der Waals surface area contributed by atoms with Crippen LogP contribution in [-0.2, 0) is 13.0 Å². The predicted octanol–water partition coefficient (Wildman–Crippen LogP) is 4.40. The van der Waals surface area contributed by atoms with Gasteiger partial charge in [0.25, 0.3) is 0 Å². The average molecular weight is 481 g/mol. The number of hydrogen-bond donors (Lipinski definition) is 1. The number of aromatic nitrogens is 3. The van der Waals surface area contributed by atoms with Gasteiger partial charge in [-0.1, -0.05) is 0 Å². The highest BCUT2D eigenvalue weighted by Gasteiger charge is 2.20. The molecule has 4 nitrogen and oxygen atoms in total. The topological polar surface area (TPSA) is 42.7 Å². The van der Waals surface area contributed by atoms with E-state index in [0.717, 1.165) is 37.8 Å². The van der Waals surface area contributed by atoms with E-state index in [0.29, 0.717) is 0 Å². The summed E-state index contributed by atoms with van der Waals surface area (Å²) in [5.41, 5.74) is 3.20. The minimum Gasteiger partial charge on any atom is -0.311 e. The van der Waals surface area contributed by atoms with E-state index in [-0.39, 0.29) is 6.04 Å². The van der Waals surface area contributed by atoms with E-state index in [2.05, 4.69) is 70.1 Å². The summed E-state index contributed by atoms with van der Waals surface area (Å²) in [6.07, 6.45) is 2.64. The van der Waals surface area contributed by atoms with Crippen molar-refractivity contribution in [3.05, 3.63) is 42.8 Å². The molecule has 0 aliphatic heterocycles. The number of nitrogens with one attached hydrogen (secondary N) is 1. The Morgan fingerprint density at radius 2 is 2.05 bits per heavy atom. The molecule has 2 rings (SSSR count). The zero-order valence-corrected chi connectivity index (χ0v) is 16.9. The van der Waals surface area contributed by atoms with Gasteiger partial charge >= 0.3 is 0 Å². The van der Waals surface area contributed by atoms with Crippen LogP contribution in [0.4, 0.5) is 0 Å². The van der Waals surface area contributed by atoms with Crippen LogP contribution < -0.4 is 5.32 Å². The quantitative estimate of drug-likeness (QED) is 0.690. The monoisotopic (exact) mass is 478 g/mol. The molecule has 0 fully saturated rings. The van der Waals surface area contributed by atoms with Crippen LogP contribution in [0.3, 0.4) is 0 Å². The molecule has 0 radical (unpaired) electrons. The molecule has 2 aromatic heterocycles. The first-order valence-corrected chi connectivity index (χ1v) is 9.05. The van der Waals surface area contributed by atoms with Gasteiger partial charge in [-0.05, 0) is 74.8 Å². The summed E-state index contributed by atoms with van der Waals surface area (Å²) in [4.78, 5) is 4.54. The maximum absolute atomic E-state index is 4.55. The Hall–Kier alpha value is -0.240. The molecule has 1 unspecified atom stereocenters. The van der Waals surface area contributed by atoms with Gasteiger partial charge in [-0.25, -0.2) is 0 Å². The van der Waals surface area contributed by atoms with E-state index in [1.54, 1.807) is 0 Å². The van der Waals surface area contributed by atoms with Gasteiger partial charge in [0.15, 0.2) is 0 Å². The van der Waals surface area contributed by atoms with Crippen LogP contribution >= 0.6 is 47.8 Å². The van der Waals surface area contributed by atoms with Crippen molar-refractivity contribution in [2.75, 3.05) is 7.05 Å². The van der Waals surface area contributed by atoms with Gasteiger partial charge in [0.1, 0.15) is 0 Å². The number of hydrogen-bond acceptors (Lipinski definition) is 3. The van der Waals surface area contributed by atoms with Gasteiger partial charge in [0, 0.05) is 28.1 Å². The van der Waals surface area contributed by atoms with E-state index in [1.165, 1.54) is 5.69 Å². The molecule has 1 atom stereocenters. The van der Waals surface area contributed by atoms with Crippen LogP contribution in [0.15, 0.2) is 25.7 Å². The zero-order chi connectivity index (χ0) is 15.6. The van der Waals surface area contributed by atoms with E-state index < -0.39 is 0 Å². The van der Waals surface area contributed by atoms with E-state index in [9.17, 15) is 0 Å². The lowest BCUT2D eigenvalue weighted by atomic mass is 10.1. The summed E-state index contributed by atoms with van der Waals surface area (Å²) in [5, 5.41) is 7.89. The first-order chi connectivity index (χ1) is 9.97. The number of nitrogens with zero attached hydrogens (tertiary/aromatic N) is 3. The predicted molar refractivity (Wildman–Crippen MR) is 95.5 cm³/mol. The molecule has 0 saturated heterocycles. The highest BCUT2D eigenvalue weighted by Crippen LogP contribution is 2.30. The normalized spacial score (nSPS) is 12.7. The fraction of sp³-hybridized carbons (Fsp3) is 0.429. The highest BCUT2D eigenvalue weighted by atomic mass is 79.9. The molecule has 0 aromatic carbocycles. The molecule has 114 valence electrons. The maximum Gasteiger partial charge on any atom is 0.0738 e. The highest BCUT2D eigenvalue weighted by molar-refractivity contribution is 9.11. The smallest absolute Gasteiger partial charge is 0.0738 e. The number of halogens is 3. The Morgan fingerprint density at radius 1 is 1.33 bits per heavy atom. The largest absolute Gasteiger partial charge is 0.311 e. The van der Waals surface area contributed by atoms with Gasteiger partial charge in [0.2, 0.25) is 0 Å². The van der Waals surface area contributed by atoms with Crippen molar-refractivity contribution in [3.63, 3.8) is 0 Å². The fourth-order valence-corrected chi connectivity index (χ4v) is 3.98. The van der Waals surface area contributed by atoms with Crippen LogP contribution in [0.5, 0.6) is 0 Å². The average Bonchev–Trinajstić information content (AvgIpc) is 2.72. The molecular formula is C14H17Br3N4. The molecule has 2 aromatic rings. The fourth-order valence-electron chi connectivity index (χ4n) is 2.27. The maximum atomic E-state index is 4.55. The second-order valence-corrected chi connectivity index (χ2v) is 7.29. The summed E-state index contributed by atoms with van der Waals surface area (Å²) < 4.78 is 5.07. The minimum absolute atomic E-state index is 0.116. The summed E-state index contributed by atoms with van der Waals surface area (Å²) in [6.45, 7) is 4.97. The van der Waals surface area contributed by atoms with Crippen molar-refractivity contribution in [2.45, 2.75) is 32.9 Å². The summed E-state index contributed by atoms with van der Waals surface area (Å²) in [6, 6.07) is 2.13. The van der Waals surface area contributed by atoms with Crippen molar-refractivity contribution in [3.8, 4) is 0 Å². The summed E-state index contributed by atoms with van der Waals surface area (Å²) >= 11 is 10.7. The standard InChI is InChI=1S/C14H17Br3N4/c1-4-21-12(13(17)8(2)20-21)6-11(18-3)14-10(16)5-9(15)7-19-14/h5,7,11,18H,4,6H2,1-3H3. The second kappa shape index (κ2) is 7.35. The number of rotatable bonds is 5. The Morgan fingerprint density at radius 3 is 2.62 bits per heavy atom. The van der Waals surface area contributed by atoms with Crippen molar-refractivity contribution in [2.24, 2.45) is 0 Å². The molecule has 0 bridgehead atoms. The Labute approximate surface area is 150 Å². The molecule has 2 heterocycles.